The quantitative estimate of drug-likeness (QED) is 0.823. The zero-order chi connectivity index (χ0) is 19.4. The summed E-state index contributed by atoms with van der Waals surface area (Å²) >= 11 is 0. The fourth-order valence-corrected chi connectivity index (χ4v) is 5.18. The molecule has 1 heterocycles. The second-order valence-corrected chi connectivity index (χ2v) is 8.97. The fourth-order valence-electron chi connectivity index (χ4n) is 3.45. The minimum absolute atomic E-state index is 0.00609. The van der Waals surface area contributed by atoms with Crippen molar-refractivity contribution in [1.82, 2.24) is 0 Å². The van der Waals surface area contributed by atoms with Crippen molar-refractivity contribution in [3.05, 3.63) is 59.9 Å². The van der Waals surface area contributed by atoms with Gasteiger partial charge in [0.05, 0.1) is 17.9 Å². The monoisotopic (exact) mass is 390 g/mol. The molecule has 27 heavy (non-hydrogen) atoms. The number of sulfone groups is 1. The Bertz CT molecular complexity index is 913. The van der Waals surface area contributed by atoms with E-state index in [4.69, 9.17) is 0 Å². The van der Waals surface area contributed by atoms with Crippen molar-refractivity contribution in [1.29, 1.82) is 0 Å². The van der Waals surface area contributed by atoms with Gasteiger partial charge in [0.1, 0.15) is 5.82 Å². The van der Waals surface area contributed by atoms with Gasteiger partial charge < -0.3 is 10.2 Å². The molecule has 1 saturated heterocycles. The summed E-state index contributed by atoms with van der Waals surface area (Å²) < 4.78 is 36.7. The van der Waals surface area contributed by atoms with Crippen molar-refractivity contribution in [3.63, 3.8) is 0 Å². The topological polar surface area (TPSA) is 66.5 Å². The zero-order valence-electron chi connectivity index (χ0n) is 15.2. The molecule has 1 fully saturated rings. The molecule has 7 heteroatoms. The molecule has 0 aliphatic carbocycles. The van der Waals surface area contributed by atoms with Crippen LogP contribution in [0.25, 0.3) is 0 Å². The van der Waals surface area contributed by atoms with Gasteiger partial charge in [-0.25, -0.2) is 12.8 Å². The molecule has 5 nitrogen and oxygen atoms in total. The van der Waals surface area contributed by atoms with E-state index in [0.717, 1.165) is 5.69 Å². The lowest BCUT2D eigenvalue weighted by atomic mass is 10.1. The summed E-state index contributed by atoms with van der Waals surface area (Å²) in [4.78, 5) is 14.2. The van der Waals surface area contributed by atoms with Crippen LogP contribution in [0.2, 0.25) is 0 Å². The maximum Gasteiger partial charge on any atom is 0.228 e. The zero-order valence-corrected chi connectivity index (χ0v) is 16.0. The molecule has 2 aromatic rings. The number of hydrogen-bond acceptors (Lipinski definition) is 4. The summed E-state index contributed by atoms with van der Waals surface area (Å²) in [6, 6.07) is 13.3. The summed E-state index contributed by atoms with van der Waals surface area (Å²) in [6.45, 7) is 2.71. The molecule has 0 spiro atoms. The highest BCUT2D eigenvalue weighted by Crippen LogP contribution is 2.25. The molecule has 1 unspecified atom stereocenters. The van der Waals surface area contributed by atoms with E-state index in [1.165, 1.54) is 12.1 Å². The van der Waals surface area contributed by atoms with Crippen molar-refractivity contribution in [3.8, 4) is 0 Å². The predicted octanol–water partition coefficient (Wildman–Crippen LogP) is 3.02. The van der Waals surface area contributed by atoms with Crippen LogP contribution >= 0.6 is 0 Å². The third-order valence-corrected chi connectivity index (χ3v) is 6.48. The molecule has 0 aromatic heterocycles. The second-order valence-electron chi connectivity index (χ2n) is 6.74. The normalized spacial score (nSPS) is 18.2. The fraction of sp³-hybridized carbons (Fsp3) is 0.350. The van der Waals surface area contributed by atoms with E-state index in [0.29, 0.717) is 24.2 Å². The maximum atomic E-state index is 13.2. The third-order valence-electron chi connectivity index (χ3n) is 4.73. The van der Waals surface area contributed by atoms with Crippen LogP contribution < -0.4 is 10.2 Å². The number of halogens is 1. The van der Waals surface area contributed by atoms with Gasteiger partial charge in [0.15, 0.2) is 9.84 Å². The molecule has 3 rings (SSSR count). The number of benzene rings is 2. The van der Waals surface area contributed by atoms with Gasteiger partial charge in [-0.3, -0.25) is 4.79 Å². The van der Waals surface area contributed by atoms with Crippen molar-refractivity contribution in [2.45, 2.75) is 25.8 Å². The number of carbonyl (C=O) groups is 1. The van der Waals surface area contributed by atoms with E-state index >= 15 is 0 Å². The Kier molecular flexibility index (Phi) is 5.79. The average molecular weight is 390 g/mol. The lowest BCUT2D eigenvalue weighted by Gasteiger charge is -2.29. The Morgan fingerprint density at radius 3 is 2.56 bits per heavy atom. The molecule has 1 aliphatic heterocycles. The number of nitrogens with one attached hydrogen (secondary N) is 1. The Morgan fingerprint density at radius 1 is 1.22 bits per heavy atom. The smallest absolute Gasteiger partial charge is 0.228 e. The molecule has 1 aliphatic rings. The number of nitrogens with zero attached hydrogens (tertiary/aromatic N) is 1. The highest BCUT2D eigenvalue weighted by molar-refractivity contribution is 7.91. The first-order valence-corrected chi connectivity index (χ1v) is 10.8. The van der Waals surface area contributed by atoms with Gasteiger partial charge in [-0.1, -0.05) is 12.1 Å². The summed E-state index contributed by atoms with van der Waals surface area (Å²) in [5.74, 6) is -0.157. The molecular formula is C20H23FN2O3S. The van der Waals surface area contributed by atoms with E-state index in [2.05, 4.69) is 10.2 Å². The minimum Gasteiger partial charge on any atom is -0.368 e. The van der Waals surface area contributed by atoms with Gasteiger partial charge in [-0.2, -0.15) is 0 Å². The van der Waals surface area contributed by atoms with Gasteiger partial charge in [-0.15, -0.1) is 0 Å². The highest BCUT2D eigenvalue weighted by atomic mass is 32.2. The molecule has 1 atom stereocenters. The number of carbonyl (C=O) groups excluding carboxylic acids is 1. The Balaban J connectivity index is 1.63. The van der Waals surface area contributed by atoms with Gasteiger partial charge >= 0.3 is 0 Å². The summed E-state index contributed by atoms with van der Waals surface area (Å²) in [7, 11) is -2.94. The van der Waals surface area contributed by atoms with Crippen LogP contribution in [0.3, 0.4) is 0 Å². The van der Waals surface area contributed by atoms with Crippen molar-refractivity contribution in [2.75, 3.05) is 28.3 Å². The Morgan fingerprint density at radius 2 is 1.96 bits per heavy atom. The van der Waals surface area contributed by atoms with E-state index < -0.39 is 9.84 Å². The van der Waals surface area contributed by atoms with E-state index in [-0.39, 0.29) is 35.7 Å². The lowest BCUT2D eigenvalue weighted by molar-refractivity contribution is -0.115. The molecule has 144 valence electrons. The van der Waals surface area contributed by atoms with Crippen LogP contribution in [0, 0.1) is 5.82 Å². The lowest BCUT2D eigenvalue weighted by Crippen LogP contribution is -2.36. The molecule has 0 radical (unpaired) electrons. The highest BCUT2D eigenvalue weighted by Gasteiger charge is 2.31. The van der Waals surface area contributed by atoms with E-state index in [9.17, 15) is 17.6 Å². The van der Waals surface area contributed by atoms with Gasteiger partial charge in [0, 0.05) is 24.0 Å². The number of amides is 1. The molecule has 0 saturated carbocycles. The molecule has 0 bridgehead atoms. The van der Waals surface area contributed by atoms with Gasteiger partial charge in [0.25, 0.3) is 0 Å². The summed E-state index contributed by atoms with van der Waals surface area (Å²) in [5, 5.41) is 2.80. The minimum atomic E-state index is -2.94. The first kappa shape index (κ1) is 19.4. The van der Waals surface area contributed by atoms with Crippen molar-refractivity contribution in [2.24, 2.45) is 0 Å². The van der Waals surface area contributed by atoms with Gasteiger partial charge in [0.2, 0.25) is 5.91 Å². The second kappa shape index (κ2) is 8.08. The summed E-state index contributed by atoms with van der Waals surface area (Å²) in [6.07, 6.45) is 0.739. The Hall–Kier alpha value is -2.41. The van der Waals surface area contributed by atoms with Crippen LogP contribution in [0.5, 0.6) is 0 Å². The van der Waals surface area contributed by atoms with Crippen LogP contribution in [0.1, 0.15) is 18.9 Å². The maximum absolute atomic E-state index is 13.2. The average Bonchev–Trinajstić information content (AvgIpc) is 2.96. The SMILES string of the molecule is CCN(c1ccc(NC(=O)Cc2cccc(F)c2)cc1)C1CCS(=O)(=O)C1. The Labute approximate surface area is 159 Å². The third kappa shape index (κ3) is 5.07. The van der Waals surface area contributed by atoms with Gasteiger partial charge in [-0.05, 0) is 55.3 Å². The van der Waals surface area contributed by atoms with Crippen LogP contribution in [-0.2, 0) is 21.1 Å². The first-order chi connectivity index (χ1) is 12.9. The van der Waals surface area contributed by atoms with Crippen LogP contribution in [0.15, 0.2) is 48.5 Å². The number of rotatable bonds is 6. The van der Waals surface area contributed by atoms with Crippen LogP contribution in [-0.4, -0.2) is 38.4 Å². The summed E-state index contributed by atoms with van der Waals surface area (Å²) in [5.41, 5.74) is 2.20. The first-order valence-electron chi connectivity index (χ1n) is 8.98. The number of anilines is 2. The predicted molar refractivity (Wildman–Crippen MR) is 105 cm³/mol. The van der Waals surface area contributed by atoms with Crippen molar-refractivity contribution < 1.29 is 17.6 Å². The van der Waals surface area contributed by atoms with E-state index in [1.807, 2.05) is 19.1 Å². The van der Waals surface area contributed by atoms with E-state index in [1.54, 1.807) is 24.3 Å². The van der Waals surface area contributed by atoms with Crippen LogP contribution in [0.4, 0.5) is 15.8 Å². The number of hydrogen-bond donors (Lipinski definition) is 1. The molecule has 2 aromatic carbocycles. The standard InChI is InChI=1S/C20H23FN2O3S/c1-2-23(19-10-11-27(25,26)14-19)18-8-6-17(7-9-18)22-20(24)13-15-4-3-5-16(21)12-15/h3-9,12,19H,2,10-11,13-14H2,1H3,(H,22,24). The van der Waals surface area contributed by atoms with Crippen molar-refractivity contribution >= 4 is 27.1 Å². The largest absolute Gasteiger partial charge is 0.368 e. The molecular weight excluding hydrogens is 367 g/mol. The molecule has 1 amide bonds. The molecule has 1 N–H and O–H groups in total.